The van der Waals surface area contributed by atoms with Gasteiger partial charge in [-0.2, -0.15) is 9.61 Å². The molecule has 130 valence electrons. The van der Waals surface area contributed by atoms with Crippen LogP contribution in [0.5, 0.6) is 0 Å². The fourth-order valence-corrected chi connectivity index (χ4v) is 2.91. The van der Waals surface area contributed by atoms with Crippen molar-refractivity contribution in [3.63, 3.8) is 0 Å². The maximum Gasteiger partial charge on any atom is 0.188 e. The zero-order chi connectivity index (χ0) is 17.5. The fraction of sp³-hybridized carbons (Fsp3) is 0.222. The number of rotatable bonds is 5. The van der Waals surface area contributed by atoms with Gasteiger partial charge >= 0.3 is 0 Å². The summed E-state index contributed by atoms with van der Waals surface area (Å²) in [7, 11) is 0. The van der Waals surface area contributed by atoms with Gasteiger partial charge in [0.15, 0.2) is 17.3 Å². The third kappa shape index (κ3) is 2.79. The number of benzene rings is 1. The molecule has 1 aliphatic carbocycles. The Morgan fingerprint density at radius 2 is 2.00 bits per heavy atom. The molecule has 3 heterocycles. The molecule has 0 saturated heterocycles. The van der Waals surface area contributed by atoms with E-state index >= 15 is 0 Å². The number of nitrogens with one attached hydrogen (secondary N) is 1. The lowest BCUT2D eigenvalue weighted by Crippen LogP contribution is -2.01. The molecule has 1 aromatic carbocycles. The van der Waals surface area contributed by atoms with Crippen LogP contribution in [0.1, 0.15) is 12.8 Å². The fourth-order valence-electron chi connectivity index (χ4n) is 2.91. The molecule has 7 nitrogen and oxygen atoms in total. The third-order valence-corrected chi connectivity index (χ3v) is 4.43. The topological polar surface area (TPSA) is 72.9 Å². The minimum absolute atomic E-state index is 0.358. The first-order chi connectivity index (χ1) is 12.8. The average Bonchev–Trinajstić information content (AvgIpc) is 3.19. The molecule has 0 atom stereocenters. The Kier molecular flexibility index (Phi) is 3.41. The number of hydrogen-bond acceptors (Lipinski definition) is 5. The van der Waals surface area contributed by atoms with E-state index in [9.17, 15) is 4.39 Å². The van der Waals surface area contributed by atoms with Crippen molar-refractivity contribution in [2.75, 3.05) is 5.32 Å². The lowest BCUT2D eigenvalue weighted by molar-refractivity contribution is 0.563. The Bertz CT molecular complexity index is 1080. The van der Waals surface area contributed by atoms with Gasteiger partial charge in [-0.05, 0) is 43.0 Å². The van der Waals surface area contributed by atoms with E-state index in [0.717, 1.165) is 18.2 Å². The van der Waals surface area contributed by atoms with Gasteiger partial charge in [-0.25, -0.2) is 4.39 Å². The summed E-state index contributed by atoms with van der Waals surface area (Å²) >= 11 is 0. The first-order valence-corrected chi connectivity index (χ1v) is 8.53. The number of nitrogens with zero attached hydrogens (tertiary/aromatic N) is 6. The SMILES string of the molecule is Fc1ccccc1-c1nnc2ccc(Nc3cnn(CC4CC4)c3)nn12. The van der Waals surface area contributed by atoms with E-state index in [1.165, 1.54) is 23.4 Å². The van der Waals surface area contributed by atoms with Gasteiger partial charge in [0.1, 0.15) is 5.82 Å². The molecule has 8 heteroatoms. The second-order valence-electron chi connectivity index (χ2n) is 6.51. The van der Waals surface area contributed by atoms with Crippen LogP contribution in [0.4, 0.5) is 15.9 Å². The first kappa shape index (κ1) is 15.0. The highest BCUT2D eigenvalue weighted by Gasteiger charge is 2.22. The first-order valence-electron chi connectivity index (χ1n) is 8.53. The van der Waals surface area contributed by atoms with Crippen molar-refractivity contribution in [2.24, 2.45) is 5.92 Å². The normalized spacial score (nSPS) is 14.0. The molecule has 26 heavy (non-hydrogen) atoms. The molecule has 4 aromatic rings. The van der Waals surface area contributed by atoms with Crippen LogP contribution in [-0.4, -0.2) is 29.6 Å². The van der Waals surface area contributed by atoms with Crippen molar-refractivity contribution in [1.29, 1.82) is 0 Å². The zero-order valence-electron chi connectivity index (χ0n) is 13.9. The average molecular weight is 349 g/mol. The van der Waals surface area contributed by atoms with E-state index in [2.05, 4.69) is 25.7 Å². The Balaban J connectivity index is 1.46. The maximum atomic E-state index is 14.1. The van der Waals surface area contributed by atoms with Crippen molar-refractivity contribution in [2.45, 2.75) is 19.4 Å². The summed E-state index contributed by atoms with van der Waals surface area (Å²) in [6.07, 6.45) is 6.31. The second kappa shape index (κ2) is 5.91. The largest absolute Gasteiger partial charge is 0.336 e. The quantitative estimate of drug-likeness (QED) is 0.599. The molecule has 5 rings (SSSR count). The Labute approximate surface area is 148 Å². The Morgan fingerprint density at radius 3 is 2.85 bits per heavy atom. The lowest BCUT2D eigenvalue weighted by atomic mass is 10.2. The molecule has 3 aromatic heterocycles. The summed E-state index contributed by atoms with van der Waals surface area (Å²) < 4.78 is 17.6. The monoisotopic (exact) mass is 349 g/mol. The molecule has 0 unspecified atom stereocenters. The minimum Gasteiger partial charge on any atom is -0.336 e. The molecule has 1 fully saturated rings. The van der Waals surface area contributed by atoms with E-state index in [1.807, 2.05) is 16.9 Å². The van der Waals surface area contributed by atoms with Crippen molar-refractivity contribution in [1.82, 2.24) is 29.6 Å². The maximum absolute atomic E-state index is 14.1. The summed E-state index contributed by atoms with van der Waals surface area (Å²) in [5.41, 5.74) is 1.78. The molecule has 0 spiro atoms. The highest BCUT2D eigenvalue weighted by atomic mass is 19.1. The molecule has 0 radical (unpaired) electrons. The Hall–Kier alpha value is -3.29. The van der Waals surface area contributed by atoms with Gasteiger partial charge in [0, 0.05) is 12.7 Å². The van der Waals surface area contributed by atoms with Gasteiger partial charge in [-0.15, -0.1) is 15.3 Å². The summed E-state index contributed by atoms with van der Waals surface area (Å²) in [6.45, 7) is 0.955. The van der Waals surface area contributed by atoms with E-state index in [4.69, 9.17) is 0 Å². The summed E-state index contributed by atoms with van der Waals surface area (Å²) in [4.78, 5) is 0. The van der Waals surface area contributed by atoms with Gasteiger partial charge in [0.05, 0.1) is 17.4 Å². The van der Waals surface area contributed by atoms with E-state index in [0.29, 0.717) is 22.9 Å². The van der Waals surface area contributed by atoms with Gasteiger partial charge in [-0.3, -0.25) is 4.68 Å². The van der Waals surface area contributed by atoms with Gasteiger partial charge in [0.25, 0.3) is 0 Å². The van der Waals surface area contributed by atoms with Crippen LogP contribution in [0.15, 0.2) is 48.8 Å². The molecule has 1 N–H and O–H groups in total. The van der Waals surface area contributed by atoms with Crippen LogP contribution in [0.25, 0.3) is 17.0 Å². The van der Waals surface area contributed by atoms with Gasteiger partial charge in [0.2, 0.25) is 0 Å². The van der Waals surface area contributed by atoms with Crippen molar-refractivity contribution >= 4 is 17.2 Å². The third-order valence-electron chi connectivity index (χ3n) is 4.43. The Morgan fingerprint density at radius 1 is 1.12 bits per heavy atom. The summed E-state index contributed by atoms with van der Waals surface area (Å²) in [5, 5.41) is 20.3. The molecule has 1 saturated carbocycles. The molecular formula is C18H16FN7. The number of aromatic nitrogens is 6. The van der Waals surface area contributed by atoms with Crippen LogP contribution < -0.4 is 5.32 Å². The minimum atomic E-state index is -0.358. The molecule has 0 bridgehead atoms. The molecule has 0 amide bonds. The lowest BCUT2D eigenvalue weighted by Gasteiger charge is -2.05. The molecule has 1 aliphatic rings. The number of fused-ring (bicyclic) bond motifs is 1. The van der Waals surface area contributed by atoms with E-state index in [1.54, 1.807) is 30.5 Å². The molecule has 0 aliphatic heterocycles. The van der Waals surface area contributed by atoms with Gasteiger partial charge < -0.3 is 5.32 Å². The van der Waals surface area contributed by atoms with Crippen molar-refractivity contribution in [3.05, 3.63) is 54.6 Å². The standard InChI is InChI=1S/C18H16FN7/c19-15-4-2-1-3-14(15)18-23-22-17-8-7-16(24-26(17)18)21-13-9-20-25(11-13)10-12-5-6-12/h1-4,7-9,11-12H,5-6,10H2,(H,21,24). The highest BCUT2D eigenvalue weighted by Crippen LogP contribution is 2.30. The van der Waals surface area contributed by atoms with E-state index < -0.39 is 0 Å². The van der Waals surface area contributed by atoms with Crippen LogP contribution in [0.3, 0.4) is 0 Å². The summed E-state index contributed by atoms with van der Waals surface area (Å²) in [6, 6.07) is 10.1. The van der Waals surface area contributed by atoms with Crippen LogP contribution >= 0.6 is 0 Å². The number of hydrogen-bond donors (Lipinski definition) is 1. The van der Waals surface area contributed by atoms with Crippen molar-refractivity contribution in [3.8, 4) is 11.4 Å². The molecular weight excluding hydrogens is 333 g/mol. The predicted molar refractivity (Wildman–Crippen MR) is 94.4 cm³/mol. The number of halogens is 1. The van der Waals surface area contributed by atoms with Crippen LogP contribution in [0.2, 0.25) is 0 Å². The highest BCUT2D eigenvalue weighted by molar-refractivity contribution is 5.61. The number of anilines is 2. The van der Waals surface area contributed by atoms with Crippen LogP contribution in [0, 0.1) is 11.7 Å². The smallest absolute Gasteiger partial charge is 0.188 e. The summed E-state index contributed by atoms with van der Waals surface area (Å²) in [5.74, 6) is 1.38. The predicted octanol–water partition coefficient (Wildman–Crippen LogP) is 3.28. The van der Waals surface area contributed by atoms with Gasteiger partial charge in [-0.1, -0.05) is 12.1 Å². The second-order valence-corrected chi connectivity index (χ2v) is 6.51. The zero-order valence-corrected chi connectivity index (χ0v) is 13.9. The van der Waals surface area contributed by atoms with Crippen LogP contribution in [-0.2, 0) is 6.54 Å². The van der Waals surface area contributed by atoms with Crippen molar-refractivity contribution < 1.29 is 4.39 Å². The van der Waals surface area contributed by atoms with E-state index in [-0.39, 0.29) is 5.82 Å².